The highest BCUT2D eigenvalue weighted by atomic mass is 32.2. The predicted molar refractivity (Wildman–Crippen MR) is 48.4 cm³/mol. The van der Waals surface area contributed by atoms with Gasteiger partial charge in [0.05, 0.1) is 12.2 Å². The highest BCUT2D eigenvalue weighted by Gasteiger charge is 2.25. The summed E-state index contributed by atoms with van der Waals surface area (Å²) in [6.45, 7) is 5.08. The van der Waals surface area contributed by atoms with E-state index in [1.807, 2.05) is 13.8 Å². The normalized spacial score (nSPS) is 37.6. The van der Waals surface area contributed by atoms with Crippen LogP contribution in [0.3, 0.4) is 0 Å². The molecule has 72 valence electrons. The fourth-order valence-corrected chi connectivity index (χ4v) is 2.40. The van der Waals surface area contributed by atoms with Crippen molar-refractivity contribution in [2.75, 3.05) is 19.3 Å². The maximum Gasteiger partial charge on any atom is 0.105 e. The summed E-state index contributed by atoms with van der Waals surface area (Å²) in [6, 6.07) is 0. The molecule has 1 fully saturated rings. The lowest BCUT2D eigenvalue weighted by molar-refractivity contribution is -0.0432. The molecule has 0 bridgehead atoms. The quantitative estimate of drug-likeness (QED) is 0.664. The smallest absolute Gasteiger partial charge is 0.105 e. The van der Waals surface area contributed by atoms with Gasteiger partial charge in [0.1, 0.15) is 9.92 Å². The Hall–Kier alpha value is -0.130. The first-order valence-electron chi connectivity index (χ1n) is 4.04. The molecule has 3 atom stereocenters. The summed E-state index contributed by atoms with van der Waals surface area (Å²) in [6.07, 6.45) is 1.62. The Morgan fingerprint density at radius 3 is 2.17 bits per heavy atom. The second-order valence-corrected chi connectivity index (χ2v) is 5.53. The average molecular weight is 192 g/mol. The van der Waals surface area contributed by atoms with E-state index >= 15 is 0 Å². The first-order chi connectivity index (χ1) is 5.39. The van der Waals surface area contributed by atoms with Crippen LogP contribution in [0.15, 0.2) is 0 Å². The zero-order valence-corrected chi connectivity index (χ0v) is 8.56. The van der Waals surface area contributed by atoms with Crippen LogP contribution < -0.4 is 0 Å². The molecule has 0 spiro atoms. The van der Waals surface area contributed by atoms with Gasteiger partial charge < -0.3 is 4.74 Å². The lowest BCUT2D eigenvalue weighted by atomic mass is 10.3. The van der Waals surface area contributed by atoms with E-state index in [0.717, 1.165) is 0 Å². The third kappa shape index (κ3) is 2.43. The summed E-state index contributed by atoms with van der Waals surface area (Å²) >= 11 is 0. The van der Waals surface area contributed by atoms with Crippen LogP contribution in [0.5, 0.6) is 0 Å². The van der Waals surface area contributed by atoms with Crippen molar-refractivity contribution in [1.29, 1.82) is 4.78 Å². The Kier molecular flexibility index (Phi) is 2.75. The Labute approximate surface area is 74.0 Å². The van der Waals surface area contributed by atoms with E-state index in [-0.39, 0.29) is 12.2 Å². The number of nitrogens with one attached hydrogen (secondary N) is 1. The number of nitrogens with zero attached hydrogens (tertiary/aromatic N) is 1. The van der Waals surface area contributed by atoms with Gasteiger partial charge in [0.25, 0.3) is 0 Å². The van der Waals surface area contributed by atoms with Crippen molar-refractivity contribution >= 4 is 9.92 Å². The standard InChI is InChI=1S/C7H16N2O2S/c1-6-4-9(12(3,8)10)5-7(2)11-6/h6-8H,4-5H2,1-3H3. The molecule has 0 radical (unpaired) electrons. The molecule has 0 aromatic carbocycles. The largest absolute Gasteiger partial charge is 0.373 e. The minimum atomic E-state index is -2.54. The van der Waals surface area contributed by atoms with Crippen LogP contribution in [0.2, 0.25) is 0 Å². The van der Waals surface area contributed by atoms with Gasteiger partial charge in [-0.15, -0.1) is 0 Å². The van der Waals surface area contributed by atoms with Crippen molar-refractivity contribution in [3.63, 3.8) is 0 Å². The predicted octanol–water partition coefficient (Wildman–Crippen LogP) is 0.687. The van der Waals surface area contributed by atoms with E-state index in [1.54, 1.807) is 4.31 Å². The first-order valence-corrected chi connectivity index (χ1v) is 5.96. The maximum absolute atomic E-state index is 11.4. The van der Waals surface area contributed by atoms with Gasteiger partial charge in [-0.1, -0.05) is 0 Å². The summed E-state index contributed by atoms with van der Waals surface area (Å²) in [7, 11) is -2.54. The Morgan fingerprint density at radius 1 is 1.42 bits per heavy atom. The zero-order valence-electron chi connectivity index (χ0n) is 7.74. The topological polar surface area (TPSA) is 53.4 Å². The van der Waals surface area contributed by atoms with Crippen molar-refractivity contribution in [1.82, 2.24) is 4.31 Å². The number of morpholine rings is 1. The number of ether oxygens (including phenoxy) is 1. The third-order valence-electron chi connectivity index (χ3n) is 1.88. The summed E-state index contributed by atoms with van der Waals surface area (Å²) in [5.74, 6) is 0. The SMILES string of the molecule is CC1CN(S(C)(=N)=O)CC(C)O1. The van der Waals surface area contributed by atoms with Crippen LogP contribution in [0.1, 0.15) is 13.8 Å². The van der Waals surface area contributed by atoms with Crippen LogP contribution in [-0.2, 0) is 14.7 Å². The molecule has 1 rings (SSSR count). The molecule has 4 nitrogen and oxygen atoms in total. The molecular formula is C7H16N2O2S. The molecule has 0 amide bonds. The van der Waals surface area contributed by atoms with Gasteiger partial charge in [-0.2, -0.15) is 0 Å². The molecule has 0 aromatic heterocycles. The van der Waals surface area contributed by atoms with Crippen molar-refractivity contribution in [3.8, 4) is 0 Å². The van der Waals surface area contributed by atoms with E-state index in [0.29, 0.717) is 13.1 Å². The van der Waals surface area contributed by atoms with Crippen molar-refractivity contribution in [3.05, 3.63) is 0 Å². The first kappa shape index (κ1) is 9.95. The minimum Gasteiger partial charge on any atom is -0.373 e. The van der Waals surface area contributed by atoms with Crippen LogP contribution in [0.4, 0.5) is 0 Å². The molecule has 1 aliphatic heterocycles. The molecule has 1 saturated heterocycles. The molecule has 0 saturated carbocycles. The second kappa shape index (κ2) is 3.32. The second-order valence-electron chi connectivity index (χ2n) is 3.41. The fraction of sp³-hybridized carbons (Fsp3) is 1.00. The Balaban J connectivity index is 2.68. The van der Waals surface area contributed by atoms with Gasteiger partial charge in [-0.25, -0.2) is 13.3 Å². The average Bonchev–Trinajstić information content (AvgIpc) is 1.82. The van der Waals surface area contributed by atoms with Gasteiger partial charge in [0.2, 0.25) is 0 Å². The highest BCUT2D eigenvalue weighted by Crippen LogP contribution is 2.13. The minimum absolute atomic E-state index is 0.0832. The third-order valence-corrected chi connectivity index (χ3v) is 3.16. The Bertz CT molecular complexity index is 240. The van der Waals surface area contributed by atoms with Crippen LogP contribution >= 0.6 is 0 Å². The van der Waals surface area contributed by atoms with E-state index in [2.05, 4.69) is 0 Å². The van der Waals surface area contributed by atoms with E-state index < -0.39 is 9.92 Å². The Morgan fingerprint density at radius 2 is 1.83 bits per heavy atom. The van der Waals surface area contributed by atoms with E-state index in [1.165, 1.54) is 6.26 Å². The fourth-order valence-electron chi connectivity index (χ4n) is 1.42. The van der Waals surface area contributed by atoms with Crippen LogP contribution in [-0.4, -0.2) is 40.1 Å². The molecule has 0 aliphatic carbocycles. The zero-order chi connectivity index (χ0) is 9.35. The van der Waals surface area contributed by atoms with Crippen molar-refractivity contribution in [2.45, 2.75) is 26.1 Å². The monoisotopic (exact) mass is 192 g/mol. The maximum atomic E-state index is 11.4. The van der Waals surface area contributed by atoms with Gasteiger partial charge in [0.15, 0.2) is 0 Å². The number of rotatable bonds is 1. The van der Waals surface area contributed by atoms with Gasteiger partial charge in [-0.05, 0) is 13.8 Å². The molecule has 0 aromatic rings. The van der Waals surface area contributed by atoms with Gasteiger partial charge in [0, 0.05) is 19.3 Å². The van der Waals surface area contributed by atoms with E-state index in [9.17, 15) is 4.21 Å². The van der Waals surface area contributed by atoms with Crippen LogP contribution in [0, 0.1) is 4.78 Å². The number of hydrogen-bond donors (Lipinski definition) is 1. The van der Waals surface area contributed by atoms with Gasteiger partial charge >= 0.3 is 0 Å². The summed E-state index contributed by atoms with van der Waals surface area (Å²) in [4.78, 5) is 0. The summed E-state index contributed by atoms with van der Waals surface area (Å²) in [5, 5.41) is 0. The lowest BCUT2D eigenvalue weighted by Gasteiger charge is -2.34. The highest BCUT2D eigenvalue weighted by molar-refractivity contribution is 7.89. The molecule has 1 heterocycles. The van der Waals surface area contributed by atoms with Crippen LogP contribution in [0.25, 0.3) is 0 Å². The van der Waals surface area contributed by atoms with E-state index in [4.69, 9.17) is 9.52 Å². The van der Waals surface area contributed by atoms with Crippen molar-refractivity contribution in [2.24, 2.45) is 0 Å². The van der Waals surface area contributed by atoms with Crippen molar-refractivity contribution < 1.29 is 8.95 Å². The summed E-state index contributed by atoms with van der Waals surface area (Å²) < 4.78 is 25.9. The summed E-state index contributed by atoms with van der Waals surface area (Å²) in [5.41, 5.74) is 0. The number of hydrogen-bond acceptors (Lipinski definition) is 3. The molecule has 12 heavy (non-hydrogen) atoms. The molecule has 1 N–H and O–H groups in total. The molecule has 5 heteroatoms. The molecule has 3 unspecified atom stereocenters. The molecular weight excluding hydrogens is 176 g/mol. The van der Waals surface area contributed by atoms with Gasteiger partial charge in [-0.3, -0.25) is 0 Å². The molecule has 1 aliphatic rings. The lowest BCUT2D eigenvalue weighted by Crippen LogP contribution is -2.47.